The summed E-state index contributed by atoms with van der Waals surface area (Å²) >= 11 is 0. The monoisotopic (exact) mass is 434 g/mol. The van der Waals surface area contributed by atoms with Crippen molar-refractivity contribution in [3.05, 3.63) is 51.6 Å². The minimum Gasteiger partial charge on any atom is -0.322 e. The fourth-order valence-corrected chi connectivity index (χ4v) is 5.80. The van der Waals surface area contributed by atoms with E-state index in [1.54, 1.807) is 0 Å². The van der Waals surface area contributed by atoms with E-state index in [9.17, 15) is 4.79 Å². The van der Waals surface area contributed by atoms with Crippen LogP contribution in [0.15, 0.2) is 29.1 Å². The summed E-state index contributed by atoms with van der Waals surface area (Å²) in [5.41, 5.74) is 2.89. The Hall–Kier alpha value is -2.54. The Morgan fingerprint density at radius 1 is 1.12 bits per heavy atom. The van der Waals surface area contributed by atoms with Crippen molar-refractivity contribution in [1.82, 2.24) is 30.1 Å². The van der Waals surface area contributed by atoms with E-state index in [0.29, 0.717) is 18.6 Å². The number of fused-ring (bicyclic) bond motifs is 1. The van der Waals surface area contributed by atoms with Crippen LogP contribution in [-0.2, 0) is 6.54 Å². The number of aromatic nitrogens is 5. The van der Waals surface area contributed by atoms with Gasteiger partial charge in [-0.15, -0.1) is 5.10 Å². The first-order valence-corrected chi connectivity index (χ1v) is 12.3. The van der Waals surface area contributed by atoms with Gasteiger partial charge in [0.2, 0.25) is 0 Å². The average molecular weight is 435 g/mol. The van der Waals surface area contributed by atoms with Crippen LogP contribution < -0.4 is 5.56 Å². The summed E-state index contributed by atoms with van der Waals surface area (Å²) in [6.45, 7) is 4.89. The van der Waals surface area contributed by atoms with Crippen LogP contribution in [0.3, 0.4) is 0 Å². The third-order valence-corrected chi connectivity index (χ3v) is 7.50. The van der Waals surface area contributed by atoms with Gasteiger partial charge in [-0.25, -0.2) is 4.68 Å². The molecule has 1 N–H and O–H groups in total. The third-order valence-electron chi connectivity index (χ3n) is 7.50. The van der Waals surface area contributed by atoms with Gasteiger partial charge in [-0.05, 0) is 72.5 Å². The summed E-state index contributed by atoms with van der Waals surface area (Å²) in [4.78, 5) is 18.7. The summed E-state index contributed by atoms with van der Waals surface area (Å²) in [5.74, 6) is 0.971. The summed E-state index contributed by atoms with van der Waals surface area (Å²) in [6, 6.07) is 9.30. The molecule has 5 rings (SSSR count). The van der Waals surface area contributed by atoms with Crippen molar-refractivity contribution in [2.24, 2.45) is 0 Å². The third kappa shape index (κ3) is 4.10. The number of hydrogen-bond acceptors (Lipinski definition) is 5. The van der Waals surface area contributed by atoms with Gasteiger partial charge >= 0.3 is 0 Å². The van der Waals surface area contributed by atoms with Crippen LogP contribution in [0.5, 0.6) is 0 Å². The lowest BCUT2D eigenvalue weighted by Crippen LogP contribution is -2.39. The number of tetrazole rings is 1. The van der Waals surface area contributed by atoms with Crippen LogP contribution in [0.25, 0.3) is 10.9 Å². The van der Waals surface area contributed by atoms with Crippen molar-refractivity contribution < 1.29 is 0 Å². The summed E-state index contributed by atoms with van der Waals surface area (Å²) in [6.07, 6.45) is 10.6. The molecule has 0 radical (unpaired) electrons. The van der Waals surface area contributed by atoms with E-state index in [1.807, 2.05) is 13.0 Å². The molecule has 2 aromatic heterocycles. The van der Waals surface area contributed by atoms with Crippen LogP contribution in [0.4, 0.5) is 0 Å². The Bertz CT molecular complexity index is 1120. The first-order chi connectivity index (χ1) is 15.6. The maximum atomic E-state index is 13.0. The molecule has 32 heavy (non-hydrogen) atoms. The zero-order chi connectivity index (χ0) is 22.1. The maximum Gasteiger partial charge on any atom is 0.252 e. The van der Waals surface area contributed by atoms with Gasteiger partial charge in [-0.3, -0.25) is 9.69 Å². The highest BCUT2D eigenvalue weighted by Crippen LogP contribution is 2.36. The maximum absolute atomic E-state index is 13.0. The Balaban J connectivity index is 1.51. The predicted molar refractivity (Wildman–Crippen MR) is 125 cm³/mol. The van der Waals surface area contributed by atoms with E-state index in [0.717, 1.165) is 47.1 Å². The van der Waals surface area contributed by atoms with E-state index < -0.39 is 0 Å². The topological polar surface area (TPSA) is 79.7 Å². The second-order valence-electron chi connectivity index (χ2n) is 9.67. The largest absolute Gasteiger partial charge is 0.322 e. The number of hydrogen-bond donors (Lipinski definition) is 1. The minimum atomic E-state index is 0.0105. The molecule has 2 aliphatic carbocycles. The molecule has 2 heterocycles. The highest BCUT2D eigenvalue weighted by molar-refractivity contribution is 5.79. The number of aromatic amines is 1. The molecular formula is C25H34N6O. The number of pyridine rings is 1. The van der Waals surface area contributed by atoms with Crippen molar-refractivity contribution >= 4 is 10.9 Å². The van der Waals surface area contributed by atoms with Gasteiger partial charge in [0.25, 0.3) is 5.56 Å². The fraction of sp³-hybridized carbons (Fsp3) is 0.600. The molecule has 1 aromatic carbocycles. The standard InChI is InChI=1S/C25H34N6O/c1-3-23(24-27-28-29-31(24)21-10-6-7-11-21)30(20-8-4-5-9-20)16-19-15-18-13-12-17(2)14-22(18)26-25(19)32/h12-15,20-21,23H,3-11,16H2,1-2H3,(H,26,32)/t23-/m0/s1. The summed E-state index contributed by atoms with van der Waals surface area (Å²) in [7, 11) is 0. The Morgan fingerprint density at radius 2 is 1.88 bits per heavy atom. The lowest BCUT2D eigenvalue weighted by molar-refractivity contribution is 0.110. The molecule has 7 nitrogen and oxygen atoms in total. The molecule has 2 saturated carbocycles. The van der Waals surface area contributed by atoms with Gasteiger partial charge in [0, 0.05) is 23.7 Å². The van der Waals surface area contributed by atoms with Crippen LogP contribution >= 0.6 is 0 Å². The highest BCUT2D eigenvalue weighted by atomic mass is 16.1. The van der Waals surface area contributed by atoms with E-state index in [-0.39, 0.29) is 11.6 Å². The summed E-state index contributed by atoms with van der Waals surface area (Å²) < 4.78 is 2.09. The molecule has 3 aromatic rings. The Labute approximate surface area is 189 Å². The number of H-pyrrole nitrogens is 1. The van der Waals surface area contributed by atoms with E-state index in [4.69, 9.17) is 0 Å². The SMILES string of the molecule is CC[C@@H](c1nnnn1C1CCCC1)N(Cc1cc2ccc(C)cc2[nH]c1=O)C1CCCC1. The second-order valence-corrected chi connectivity index (χ2v) is 9.67. The quantitative estimate of drug-likeness (QED) is 0.576. The molecule has 0 saturated heterocycles. The number of nitrogens with one attached hydrogen (secondary N) is 1. The molecule has 0 amide bonds. The van der Waals surface area contributed by atoms with Gasteiger partial charge in [-0.2, -0.15) is 0 Å². The molecular weight excluding hydrogens is 400 g/mol. The zero-order valence-corrected chi connectivity index (χ0v) is 19.3. The smallest absolute Gasteiger partial charge is 0.252 e. The highest BCUT2D eigenvalue weighted by Gasteiger charge is 2.34. The molecule has 0 aliphatic heterocycles. The molecule has 0 bridgehead atoms. The molecule has 0 unspecified atom stereocenters. The van der Waals surface area contributed by atoms with Crippen LogP contribution in [-0.4, -0.2) is 36.1 Å². The van der Waals surface area contributed by atoms with Gasteiger partial charge in [0.15, 0.2) is 5.82 Å². The fourth-order valence-electron chi connectivity index (χ4n) is 5.80. The summed E-state index contributed by atoms with van der Waals surface area (Å²) in [5, 5.41) is 14.1. The van der Waals surface area contributed by atoms with Crippen molar-refractivity contribution in [3.63, 3.8) is 0 Å². The lowest BCUT2D eigenvalue weighted by Gasteiger charge is -2.35. The molecule has 2 aliphatic rings. The normalized spacial score (nSPS) is 18.8. The number of benzene rings is 1. The van der Waals surface area contributed by atoms with E-state index in [2.05, 4.69) is 55.2 Å². The second kappa shape index (κ2) is 9.14. The zero-order valence-electron chi connectivity index (χ0n) is 19.3. The predicted octanol–water partition coefficient (Wildman–Crippen LogP) is 4.83. The van der Waals surface area contributed by atoms with E-state index >= 15 is 0 Å². The average Bonchev–Trinajstić information content (AvgIpc) is 3.55. The van der Waals surface area contributed by atoms with Crippen molar-refractivity contribution in [1.29, 1.82) is 0 Å². The molecule has 7 heteroatoms. The van der Waals surface area contributed by atoms with Crippen LogP contribution in [0, 0.1) is 6.92 Å². The first-order valence-electron chi connectivity index (χ1n) is 12.3. The van der Waals surface area contributed by atoms with Crippen molar-refractivity contribution in [3.8, 4) is 0 Å². The number of aryl methyl sites for hydroxylation is 1. The molecule has 1 atom stereocenters. The number of nitrogens with zero attached hydrogens (tertiary/aromatic N) is 5. The number of rotatable bonds is 7. The van der Waals surface area contributed by atoms with Gasteiger partial charge in [-0.1, -0.05) is 44.7 Å². The minimum absolute atomic E-state index is 0.0105. The van der Waals surface area contributed by atoms with Gasteiger partial charge in [0.05, 0.1) is 12.1 Å². The van der Waals surface area contributed by atoms with E-state index in [1.165, 1.54) is 38.5 Å². The first kappa shape index (κ1) is 21.3. The van der Waals surface area contributed by atoms with Crippen LogP contribution in [0.2, 0.25) is 0 Å². The lowest BCUT2D eigenvalue weighted by atomic mass is 10.0. The Morgan fingerprint density at radius 3 is 2.62 bits per heavy atom. The van der Waals surface area contributed by atoms with Crippen LogP contribution in [0.1, 0.15) is 93.7 Å². The van der Waals surface area contributed by atoms with Crippen molar-refractivity contribution in [2.75, 3.05) is 0 Å². The molecule has 0 spiro atoms. The Kier molecular flexibility index (Phi) is 6.09. The molecule has 170 valence electrons. The molecule has 2 fully saturated rings. The van der Waals surface area contributed by atoms with Gasteiger partial charge < -0.3 is 4.98 Å². The van der Waals surface area contributed by atoms with Crippen molar-refractivity contribution in [2.45, 2.75) is 96.3 Å². The van der Waals surface area contributed by atoms with Gasteiger partial charge in [0.1, 0.15) is 0 Å².